The van der Waals surface area contributed by atoms with Gasteiger partial charge in [-0.25, -0.2) is 14.4 Å². The lowest BCUT2D eigenvalue weighted by molar-refractivity contribution is -0.131. The van der Waals surface area contributed by atoms with E-state index in [1.165, 1.54) is 11.1 Å². The zero-order valence-electron chi connectivity index (χ0n) is 20.2. The molecule has 5 rings (SSSR count). The molecular formula is C24H28FN9O2. The Bertz CT molecular complexity index is 1380. The first kappa shape index (κ1) is 23.6. The first-order valence-corrected chi connectivity index (χ1v) is 11.9. The predicted molar refractivity (Wildman–Crippen MR) is 132 cm³/mol. The molecule has 2 atom stereocenters. The van der Waals surface area contributed by atoms with Crippen molar-refractivity contribution in [2.24, 2.45) is 4.99 Å². The van der Waals surface area contributed by atoms with Gasteiger partial charge in [-0.2, -0.15) is 5.10 Å². The third kappa shape index (κ3) is 4.23. The number of halogens is 1. The van der Waals surface area contributed by atoms with Crippen LogP contribution in [0.25, 0.3) is 22.4 Å². The molecule has 1 unspecified atom stereocenters. The Kier molecular flexibility index (Phi) is 6.02. The summed E-state index contributed by atoms with van der Waals surface area (Å²) in [7, 11) is 0. The van der Waals surface area contributed by atoms with Crippen molar-refractivity contribution in [3.05, 3.63) is 42.5 Å². The Morgan fingerprint density at radius 3 is 2.89 bits per heavy atom. The predicted octanol–water partition coefficient (Wildman–Crippen LogP) is 1.46. The highest BCUT2D eigenvalue weighted by Crippen LogP contribution is 2.29. The van der Waals surface area contributed by atoms with E-state index in [0.29, 0.717) is 41.4 Å². The third-order valence-corrected chi connectivity index (χ3v) is 6.52. The number of fused-ring (bicyclic) bond motifs is 1. The second-order valence-corrected chi connectivity index (χ2v) is 9.12. The van der Waals surface area contributed by atoms with Crippen LogP contribution >= 0.6 is 0 Å². The average molecular weight is 494 g/mol. The summed E-state index contributed by atoms with van der Waals surface area (Å²) in [5.41, 5.74) is 1.14. The molecule has 2 aliphatic heterocycles. The normalized spacial score (nSPS) is 20.3. The number of alkyl halides is 1. The molecule has 3 N–H and O–H groups in total. The summed E-state index contributed by atoms with van der Waals surface area (Å²) in [4.78, 5) is 44.1. The Balaban J connectivity index is 1.35. The molecule has 0 aromatic carbocycles. The van der Waals surface area contributed by atoms with E-state index >= 15 is 4.39 Å². The maximum absolute atomic E-state index is 15.4. The Labute approximate surface area is 206 Å². The number of aliphatic imine (C=N–C) groups is 1. The average Bonchev–Trinajstić information content (AvgIpc) is 3.66. The fourth-order valence-corrected chi connectivity index (χ4v) is 4.51. The minimum absolute atomic E-state index is 0.120. The number of nitrogens with zero attached hydrogens (tertiary/aromatic N) is 6. The van der Waals surface area contributed by atoms with Crippen LogP contribution in [0.2, 0.25) is 0 Å². The van der Waals surface area contributed by atoms with Crippen molar-refractivity contribution in [3.63, 3.8) is 0 Å². The van der Waals surface area contributed by atoms with E-state index in [4.69, 9.17) is 0 Å². The topological polar surface area (TPSA) is 133 Å². The standard InChI is InChI=1S/C24H28FN9O2/c1-4-34-12-15(9-30-34)17-11-29-20-19(31-17)16(10-28-20)21(35)32-18(14(2)3)22(36)33-8-5-24(25,13-33)23-26-6-7-27-23/h9-12,18H,2,4-8,13H2,1,3H3,(H,26,27)(H,28,29)(H,32,35)/t18-,24?/m1/s1. The largest absolute Gasteiger partial charge is 0.369 e. The summed E-state index contributed by atoms with van der Waals surface area (Å²) < 4.78 is 17.2. The molecule has 1 fully saturated rings. The molecule has 0 aliphatic carbocycles. The molecule has 36 heavy (non-hydrogen) atoms. The molecule has 12 heteroatoms. The molecule has 11 nitrogen and oxygen atoms in total. The summed E-state index contributed by atoms with van der Waals surface area (Å²) in [6, 6.07) is -1.01. The van der Waals surface area contributed by atoms with Crippen LogP contribution in [0.1, 0.15) is 30.6 Å². The maximum atomic E-state index is 15.4. The first-order chi connectivity index (χ1) is 17.3. The lowest BCUT2D eigenvalue weighted by Gasteiger charge is -2.26. The monoisotopic (exact) mass is 493 g/mol. The number of nitrogens with one attached hydrogen (secondary N) is 3. The van der Waals surface area contributed by atoms with Gasteiger partial charge in [-0.15, -0.1) is 0 Å². The number of hydrogen-bond acceptors (Lipinski definition) is 7. The third-order valence-electron chi connectivity index (χ3n) is 6.52. The van der Waals surface area contributed by atoms with Gasteiger partial charge in [0.1, 0.15) is 17.4 Å². The van der Waals surface area contributed by atoms with Crippen LogP contribution < -0.4 is 10.6 Å². The van der Waals surface area contributed by atoms with Crippen LogP contribution in [-0.2, 0) is 11.3 Å². The molecule has 2 amide bonds. The highest BCUT2D eigenvalue weighted by molar-refractivity contribution is 6.06. The first-order valence-electron chi connectivity index (χ1n) is 11.9. The molecule has 3 aromatic heterocycles. The van der Waals surface area contributed by atoms with E-state index in [9.17, 15) is 9.59 Å². The Morgan fingerprint density at radius 1 is 1.36 bits per heavy atom. The van der Waals surface area contributed by atoms with E-state index in [2.05, 4.69) is 42.3 Å². The Morgan fingerprint density at radius 2 is 2.19 bits per heavy atom. The number of hydrogen-bond donors (Lipinski definition) is 3. The summed E-state index contributed by atoms with van der Waals surface area (Å²) >= 11 is 0. The van der Waals surface area contributed by atoms with Crippen molar-refractivity contribution >= 4 is 28.8 Å². The fourth-order valence-electron chi connectivity index (χ4n) is 4.51. The molecule has 5 heterocycles. The Hall–Kier alpha value is -4.09. The number of aryl methyl sites for hydroxylation is 1. The van der Waals surface area contributed by atoms with Gasteiger partial charge in [0.2, 0.25) is 5.91 Å². The summed E-state index contributed by atoms with van der Waals surface area (Å²) in [6.45, 7) is 9.46. The van der Waals surface area contributed by atoms with Crippen LogP contribution in [0.4, 0.5) is 4.39 Å². The number of carbonyl (C=O) groups is 2. The van der Waals surface area contributed by atoms with Gasteiger partial charge in [-0.3, -0.25) is 19.3 Å². The zero-order chi connectivity index (χ0) is 25.4. The van der Waals surface area contributed by atoms with E-state index < -0.39 is 23.5 Å². The number of amidine groups is 1. The van der Waals surface area contributed by atoms with Gasteiger partial charge >= 0.3 is 0 Å². The molecule has 0 saturated carbocycles. The molecule has 3 aromatic rings. The summed E-state index contributed by atoms with van der Waals surface area (Å²) in [5.74, 6) is -0.621. The van der Waals surface area contributed by atoms with Gasteiger partial charge in [0.05, 0.1) is 36.7 Å². The van der Waals surface area contributed by atoms with Gasteiger partial charge in [0, 0.05) is 44.0 Å². The van der Waals surface area contributed by atoms with Crippen LogP contribution in [0.15, 0.2) is 41.9 Å². The highest BCUT2D eigenvalue weighted by atomic mass is 19.1. The molecule has 2 aliphatic rings. The number of likely N-dealkylation sites (tertiary alicyclic amines) is 1. The van der Waals surface area contributed by atoms with Gasteiger partial charge in [-0.05, 0) is 19.4 Å². The minimum atomic E-state index is -1.70. The molecule has 1 saturated heterocycles. The van der Waals surface area contributed by atoms with Crippen molar-refractivity contribution in [2.75, 3.05) is 26.2 Å². The van der Waals surface area contributed by atoms with Crippen LogP contribution in [-0.4, -0.2) is 85.2 Å². The van der Waals surface area contributed by atoms with Crippen molar-refractivity contribution in [3.8, 4) is 11.3 Å². The van der Waals surface area contributed by atoms with Gasteiger partial charge in [0.25, 0.3) is 5.91 Å². The number of carbonyl (C=O) groups excluding carboxylic acids is 2. The minimum Gasteiger partial charge on any atom is -0.369 e. The number of amides is 2. The molecule has 0 bridgehead atoms. The highest BCUT2D eigenvalue weighted by Gasteiger charge is 2.46. The van der Waals surface area contributed by atoms with Gasteiger partial charge < -0.3 is 20.5 Å². The lowest BCUT2D eigenvalue weighted by Crippen LogP contribution is -2.50. The summed E-state index contributed by atoms with van der Waals surface area (Å²) in [5, 5.41) is 9.98. The zero-order valence-corrected chi connectivity index (χ0v) is 20.2. The van der Waals surface area contributed by atoms with Crippen LogP contribution in [0.3, 0.4) is 0 Å². The van der Waals surface area contributed by atoms with E-state index in [0.717, 1.165) is 12.1 Å². The lowest BCUT2D eigenvalue weighted by atomic mass is 10.0. The smallest absolute Gasteiger partial charge is 0.256 e. The second kappa shape index (κ2) is 9.17. The number of aromatic amines is 1. The van der Waals surface area contributed by atoms with Gasteiger partial charge in [0.15, 0.2) is 11.3 Å². The van der Waals surface area contributed by atoms with Crippen molar-refractivity contribution in [1.82, 2.24) is 40.3 Å². The number of aromatic nitrogens is 5. The molecular weight excluding hydrogens is 465 g/mol. The number of H-pyrrole nitrogens is 1. The van der Waals surface area contributed by atoms with Gasteiger partial charge in [-0.1, -0.05) is 6.58 Å². The molecule has 188 valence electrons. The molecule has 0 radical (unpaired) electrons. The van der Waals surface area contributed by atoms with Crippen LogP contribution in [0.5, 0.6) is 0 Å². The number of rotatable bonds is 7. The maximum Gasteiger partial charge on any atom is 0.256 e. The SMILES string of the molecule is C=C(C)[C@@H](NC(=O)c1c[nH]c2ncc(-c3cnn(CC)c3)nc12)C(=O)N1CCC(F)(C2=NCCN2)C1. The summed E-state index contributed by atoms with van der Waals surface area (Å²) in [6.07, 6.45) is 6.81. The van der Waals surface area contributed by atoms with Crippen molar-refractivity contribution in [1.29, 1.82) is 0 Å². The second-order valence-electron chi connectivity index (χ2n) is 9.12. The van der Waals surface area contributed by atoms with Crippen LogP contribution in [0, 0.1) is 0 Å². The molecule has 0 spiro atoms. The fraction of sp³-hybridized carbons (Fsp3) is 0.417. The van der Waals surface area contributed by atoms with Crippen molar-refractivity contribution < 1.29 is 14.0 Å². The van der Waals surface area contributed by atoms with E-state index in [1.54, 1.807) is 24.0 Å². The van der Waals surface area contributed by atoms with Crippen molar-refractivity contribution in [2.45, 2.75) is 38.5 Å². The van der Waals surface area contributed by atoms with E-state index in [-0.39, 0.29) is 25.1 Å². The quantitative estimate of drug-likeness (QED) is 0.427. The van der Waals surface area contributed by atoms with E-state index in [1.807, 2.05) is 13.1 Å².